The van der Waals surface area contributed by atoms with E-state index in [1.807, 2.05) is 37.3 Å². The Kier molecular flexibility index (Phi) is 8.99. The summed E-state index contributed by atoms with van der Waals surface area (Å²) in [6.45, 7) is 2.58. The Labute approximate surface area is 224 Å². The summed E-state index contributed by atoms with van der Waals surface area (Å²) in [6, 6.07) is 9.51. The van der Waals surface area contributed by atoms with Gasteiger partial charge in [-0.3, -0.25) is 9.59 Å². The summed E-state index contributed by atoms with van der Waals surface area (Å²) in [6.07, 6.45) is 8.63. The van der Waals surface area contributed by atoms with E-state index < -0.39 is 15.6 Å². The summed E-state index contributed by atoms with van der Waals surface area (Å²) >= 11 is 0. The number of unbranched alkanes of at least 4 members (excludes halogenated alkanes) is 2. The van der Waals surface area contributed by atoms with Crippen molar-refractivity contribution in [3.05, 3.63) is 42.4 Å². The molecule has 1 atom stereocenters. The fraction of sp³-hybridized carbons (Fsp3) is 0.556. The van der Waals surface area contributed by atoms with Gasteiger partial charge in [-0.25, -0.2) is 17.7 Å². The maximum absolute atomic E-state index is 13.3. The number of imidazole rings is 1. The third kappa shape index (κ3) is 7.08. The summed E-state index contributed by atoms with van der Waals surface area (Å²) in [5.41, 5.74) is 1.54. The van der Waals surface area contributed by atoms with Gasteiger partial charge in [0.05, 0.1) is 24.2 Å². The molecule has 0 aliphatic carbocycles. The van der Waals surface area contributed by atoms with Gasteiger partial charge < -0.3 is 15.1 Å². The van der Waals surface area contributed by atoms with Gasteiger partial charge in [-0.05, 0) is 18.4 Å². The van der Waals surface area contributed by atoms with Gasteiger partial charge in [0.25, 0.3) is 5.91 Å². The molecule has 0 saturated carbocycles. The number of hydrogen-bond donors (Lipinski definition) is 2. The van der Waals surface area contributed by atoms with Crippen molar-refractivity contribution in [2.45, 2.75) is 76.4 Å². The van der Waals surface area contributed by atoms with Gasteiger partial charge in [0.15, 0.2) is 0 Å². The Hall–Kier alpha value is -3.05. The average Bonchev–Trinajstić information content (AvgIpc) is 3.56. The molecule has 2 aliphatic heterocycles. The van der Waals surface area contributed by atoms with Crippen LogP contribution in [-0.4, -0.2) is 65.0 Å². The number of carbonyl (C=O) groups excluding carboxylic acids is 2. The summed E-state index contributed by atoms with van der Waals surface area (Å²) in [5, 5.41) is 7.20. The van der Waals surface area contributed by atoms with E-state index in [1.165, 1.54) is 10.6 Å². The number of ketones is 1. The van der Waals surface area contributed by atoms with Crippen LogP contribution in [-0.2, 0) is 24.4 Å². The highest BCUT2D eigenvalue weighted by molar-refractivity contribution is 7.88. The highest BCUT2D eigenvalue weighted by Crippen LogP contribution is 2.35. The Morgan fingerprint density at radius 2 is 1.89 bits per heavy atom. The first kappa shape index (κ1) is 28.0. The fourth-order valence-electron chi connectivity index (χ4n) is 4.96. The Balaban J connectivity index is 1.39. The molecule has 2 aromatic rings. The number of carbonyl (C=O) groups is 2. The average molecular weight is 544 g/mol. The standard InChI is InChI=1S/C27H37N5O5S/c1-3-21(33)12-8-5-9-13-22(25-28-19-24(29-25)20-10-6-4-7-11-20)30-26(34)23-18-27(37-31-23)14-16-32(17-15-27)38(2,35)36/h4,6-7,10-11,19,22H,3,5,8-9,12-18H2,1-2H3,(H,28,29)(H,30,34)/t22-/m0/s1. The monoisotopic (exact) mass is 543 g/mol. The Bertz CT molecular complexity index is 1250. The molecule has 1 aromatic heterocycles. The van der Waals surface area contributed by atoms with Crippen LogP contribution < -0.4 is 5.32 Å². The quantitative estimate of drug-likeness (QED) is 0.392. The third-order valence-corrected chi connectivity index (χ3v) is 8.67. The molecule has 2 N–H and O–H groups in total. The van der Waals surface area contributed by atoms with Gasteiger partial charge in [0, 0.05) is 45.2 Å². The van der Waals surface area contributed by atoms with E-state index in [0.717, 1.165) is 30.5 Å². The number of nitrogens with one attached hydrogen (secondary N) is 2. The van der Waals surface area contributed by atoms with E-state index >= 15 is 0 Å². The molecule has 1 amide bonds. The summed E-state index contributed by atoms with van der Waals surface area (Å²) in [7, 11) is -3.25. The van der Waals surface area contributed by atoms with Crippen LogP contribution in [0.1, 0.15) is 76.6 Å². The predicted molar refractivity (Wildman–Crippen MR) is 145 cm³/mol. The molecule has 2 aliphatic rings. The zero-order chi connectivity index (χ0) is 27.2. The Morgan fingerprint density at radius 1 is 1.16 bits per heavy atom. The molecule has 0 bridgehead atoms. The van der Waals surface area contributed by atoms with Crippen LogP contribution in [0.2, 0.25) is 0 Å². The number of amides is 1. The lowest BCUT2D eigenvalue weighted by Gasteiger charge is -2.35. The number of H-pyrrole nitrogens is 1. The SMILES string of the molecule is CCC(=O)CCCCC[C@H](NC(=O)C1=NOC2(CCN(S(C)(=O)=O)CC2)C1)c1ncc(-c2ccccc2)[nH]1. The third-order valence-electron chi connectivity index (χ3n) is 7.36. The number of sulfonamides is 1. The van der Waals surface area contributed by atoms with Crippen molar-refractivity contribution in [2.24, 2.45) is 5.16 Å². The molecular formula is C27H37N5O5S. The highest BCUT2D eigenvalue weighted by Gasteiger charge is 2.45. The number of aromatic amines is 1. The number of nitrogens with zero attached hydrogens (tertiary/aromatic N) is 3. The number of rotatable bonds is 12. The predicted octanol–water partition coefficient (Wildman–Crippen LogP) is 3.73. The number of benzene rings is 1. The summed E-state index contributed by atoms with van der Waals surface area (Å²) in [5.74, 6) is 0.623. The first-order valence-corrected chi connectivity index (χ1v) is 15.2. The summed E-state index contributed by atoms with van der Waals surface area (Å²) in [4.78, 5) is 38.5. The van der Waals surface area contributed by atoms with Gasteiger partial charge >= 0.3 is 0 Å². The van der Waals surface area contributed by atoms with Crippen molar-refractivity contribution in [1.82, 2.24) is 19.6 Å². The lowest BCUT2D eigenvalue weighted by atomic mass is 9.87. The van der Waals surface area contributed by atoms with Crippen molar-refractivity contribution in [3.8, 4) is 11.3 Å². The van der Waals surface area contributed by atoms with E-state index in [4.69, 9.17) is 4.84 Å². The van der Waals surface area contributed by atoms with Crippen LogP contribution >= 0.6 is 0 Å². The number of oxime groups is 1. The molecule has 1 saturated heterocycles. The smallest absolute Gasteiger partial charge is 0.269 e. The maximum atomic E-state index is 13.3. The van der Waals surface area contributed by atoms with E-state index in [1.54, 1.807) is 6.20 Å². The largest absolute Gasteiger partial charge is 0.388 e. The second-order valence-corrected chi connectivity index (χ2v) is 12.2. The molecule has 11 heteroatoms. The number of aromatic nitrogens is 2. The van der Waals surface area contributed by atoms with E-state index in [2.05, 4.69) is 20.4 Å². The van der Waals surface area contributed by atoms with Crippen LogP contribution in [0.4, 0.5) is 0 Å². The maximum Gasteiger partial charge on any atom is 0.269 e. The van der Waals surface area contributed by atoms with Crippen molar-refractivity contribution >= 4 is 27.4 Å². The van der Waals surface area contributed by atoms with Gasteiger partial charge in [-0.1, -0.05) is 55.3 Å². The lowest BCUT2D eigenvalue weighted by molar-refractivity contribution is -0.119. The number of piperidine rings is 1. The second-order valence-electron chi connectivity index (χ2n) is 10.2. The van der Waals surface area contributed by atoms with Crippen molar-refractivity contribution in [1.29, 1.82) is 0 Å². The zero-order valence-electron chi connectivity index (χ0n) is 22.1. The number of Topliss-reactive ketones (excluding diaryl/α,β-unsaturated/α-hetero) is 1. The number of hydrogen-bond acceptors (Lipinski definition) is 7. The second kappa shape index (κ2) is 12.2. The first-order chi connectivity index (χ1) is 18.2. The van der Waals surface area contributed by atoms with Gasteiger partial charge in [-0.15, -0.1) is 0 Å². The highest BCUT2D eigenvalue weighted by atomic mass is 32.2. The minimum atomic E-state index is -3.25. The normalized spacial score (nSPS) is 18.1. The molecule has 1 fully saturated rings. The van der Waals surface area contributed by atoms with Crippen LogP contribution in [0, 0.1) is 0 Å². The van der Waals surface area contributed by atoms with Crippen LogP contribution in [0.5, 0.6) is 0 Å². The van der Waals surface area contributed by atoms with Gasteiger partial charge in [0.2, 0.25) is 10.0 Å². The molecule has 0 unspecified atom stereocenters. The molecule has 4 rings (SSSR count). The zero-order valence-corrected chi connectivity index (χ0v) is 22.9. The molecule has 3 heterocycles. The van der Waals surface area contributed by atoms with Crippen LogP contribution in [0.3, 0.4) is 0 Å². The van der Waals surface area contributed by atoms with Crippen molar-refractivity contribution in [2.75, 3.05) is 19.3 Å². The molecule has 1 spiro atoms. The van der Waals surface area contributed by atoms with Crippen LogP contribution in [0.25, 0.3) is 11.3 Å². The minimum Gasteiger partial charge on any atom is -0.388 e. The summed E-state index contributed by atoms with van der Waals surface area (Å²) < 4.78 is 25.1. The molecule has 10 nitrogen and oxygen atoms in total. The van der Waals surface area contributed by atoms with Crippen LogP contribution in [0.15, 0.2) is 41.7 Å². The van der Waals surface area contributed by atoms with Gasteiger partial charge in [0.1, 0.15) is 22.9 Å². The van der Waals surface area contributed by atoms with Crippen molar-refractivity contribution < 1.29 is 22.8 Å². The topological polar surface area (TPSA) is 134 Å². The fourth-order valence-corrected chi connectivity index (χ4v) is 5.80. The Morgan fingerprint density at radius 3 is 2.58 bits per heavy atom. The molecule has 206 valence electrons. The molecule has 38 heavy (non-hydrogen) atoms. The van der Waals surface area contributed by atoms with E-state index in [0.29, 0.717) is 63.2 Å². The van der Waals surface area contributed by atoms with Gasteiger partial charge in [-0.2, -0.15) is 0 Å². The first-order valence-electron chi connectivity index (χ1n) is 13.3. The van der Waals surface area contributed by atoms with E-state index in [-0.39, 0.29) is 17.7 Å². The molecule has 0 radical (unpaired) electrons. The van der Waals surface area contributed by atoms with Crippen molar-refractivity contribution in [3.63, 3.8) is 0 Å². The molecule has 1 aromatic carbocycles. The minimum absolute atomic E-state index is 0.268. The molecular weight excluding hydrogens is 506 g/mol. The van der Waals surface area contributed by atoms with E-state index in [9.17, 15) is 18.0 Å². The lowest BCUT2D eigenvalue weighted by Crippen LogP contribution is -2.47.